The Hall–Kier alpha value is -2.60. The van der Waals surface area contributed by atoms with E-state index in [-0.39, 0.29) is 41.5 Å². The van der Waals surface area contributed by atoms with Crippen LogP contribution >= 0.6 is 0 Å². The van der Waals surface area contributed by atoms with Crippen molar-refractivity contribution in [1.82, 2.24) is 0 Å². The first-order chi connectivity index (χ1) is 16.4. The lowest BCUT2D eigenvalue weighted by atomic mass is 9.69. The summed E-state index contributed by atoms with van der Waals surface area (Å²) in [6.45, 7) is 4.53. The molecule has 1 aromatic carbocycles. The largest absolute Gasteiger partial charge is 0.481 e. The first kappa shape index (κ1) is 26.0. The lowest BCUT2D eigenvalue weighted by Gasteiger charge is -2.37. The molecule has 34 heavy (non-hydrogen) atoms. The van der Waals surface area contributed by atoms with E-state index in [9.17, 15) is 14.3 Å². The van der Waals surface area contributed by atoms with Gasteiger partial charge in [0.1, 0.15) is 11.9 Å². The van der Waals surface area contributed by atoms with Crippen molar-refractivity contribution < 1.29 is 24.1 Å². The Bertz CT molecular complexity index is 977. The molecular formula is C29H35FO4. The Morgan fingerprint density at radius 3 is 2.76 bits per heavy atom. The SMILES string of the molecule is CCC#CC[C@H](C)[C@H](O)C#C[C@@H]1C2CC(c3ccc(F)cc3)(CO2)[C@H]1C/C=C/CCCC(=O)O. The third-order valence-corrected chi connectivity index (χ3v) is 7.06. The molecule has 5 heteroatoms. The van der Waals surface area contributed by atoms with Gasteiger partial charge in [0.15, 0.2) is 0 Å². The topological polar surface area (TPSA) is 66.8 Å². The zero-order valence-corrected chi connectivity index (χ0v) is 20.1. The zero-order chi connectivity index (χ0) is 24.6. The van der Waals surface area contributed by atoms with Gasteiger partial charge in [-0.25, -0.2) is 4.39 Å². The fourth-order valence-corrected chi connectivity index (χ4v) is 5.11. The average molecular weight is 467 g/mol. The van der Waals surface area contributed by atoms with Gasteiger partial charge in [-0.3, -0.25) is 4.79 Å². The van der Waals surface area contributed by atoms with Gasteiger partial charge in [-0.15, -0.1) is 11.8 Å². The summed E-state index contributed by atoms with van der Waals surface area (Å²) in [4.78, 5) is 10.7. The molecule has 1 aliphatic heterocycles. The lowest BCUT2D eigenvalue weighted by Crippen LogP contribution is -2.39. The number of halogens is 1. The Balaban J connectivity index is 1.78. The molecule has 1 heterocycles. The van der Waals surface area contributed by atoms with E-state index in [1.165, 1.54) is 12.1 Å². The first-order valence-corrected chi connectivity index (χ1v) is 12.3. The number of hydrogen-bond donors (Lipinski definition) is 2. The molecular weight excluding hydrogens is 431 g/mol. The molecule has 1 aromatic rings. The van der Waals surface area contributed by atoms with Gasteiger partial charge in [0.25, 0.3) is 0 Å². The van der Waals surface area contributed by atoms with E-state index in [0.29, 0.717) is 25.9 Å². The molecule has 0 amide bonds. The molecule has 2 unspecified atom stereocenters. The molecule has 6 atom stereocenters. The van der Waals surface area contributed by atoms with Crippen LogP contribution in [0.5, 0.6) is 0 Å². The van der Waals surface area contributed by atoms with E-state index in [0.717, 1.165) is 24.8 Å². The highest BCUT2D eigenvalue weighted by Gasteiger charge is 2.58. The molecule has 2 N–H and O–H groups in total. The van der Waals surface area contributed by atoms with Crippen LogP contribution in [0.1, 0.15) is 64.4 Å². The van der Waals surface area contributed by atoms with Gasteiger partial charge in [-0.05, 0) is 49.3 Å². The molecule has 1 saturated heterocycles. The van der Waals surface area contributed by atoms with Crippen LogP contribution in [-0.4, -0.2) is 35.0 Å². The number of allylic oxidation sites excluding steroid dienone is 2. The molecule has 1 aliphatic carbocycles. The number of hydrogen-bond acceptors (Lipinski definition) is 3. The van der Waals surface area contributed by atoms with Crippen LogP contribution in [0.3, 0.4) is 0 Å². The van der Waals surface area contributed by atoms with Gasteiger partial charge in [0, 0.05) is 30.6 Å². The molecule has 4 nitrogen and oxygen atoms in total. The lowest BCUT2D eigenvalue weighted by molar-refractivity contribution is -0.137. The normalized spacial score (nSPS) is 27.0. The van der Waals surface area contributed by atoms with Gasteiger partial charge < -0.3 is 14.9 Å². The molecule has 0 spiro atoms. The van der Waals surface area contributed by atoms with Crippen LogP contribution in [0.2, 0.25) is 0 Å². The van der Waals surface area contributed by atoms with Crippen LogP contribution < -0.4 is 0 Å². The fourth-order valence-electron chi connectivity index (χ4n) is 5.11. The third kappa shape index (κ3) is 6.29. The van der Waals surface area contributed by atoms with Crippen molar-refractivity contribution in [1.29, 1.82) is 0 Å². The van der Waals surface area contributed by atoms with Gasteiger partial charge in [0.05, 0.1) is 18.6 Å². The van der Waals surface area contributed by atoms with Crippen molar-refractivity contribution in [3.8, 4) is 23.7 Å². The molecule has 2 fully saturated rings. The predicted molar refractivity (Wildman–Crippen MR) is 130 cm³/mol. The number of carboxylic acid groups (broad SMARTS) is 1. The number of ether oxygens (including phenoxy) is 1. The van der Waals surface area contributed by atoms with Crippen LogP contribution in [0, 0.1) is 47.3 Å². The summed E-state index contributed by atoms with van der Waals surface area (Å²) in [6.07, 6.45) is 7.88. The van der Waals surface area contributed by atoms with Crippen LogP contribution in [-0.2, 0) is 14.9 Å². The highest BCUT2D eigenvalue weighted by Crippen LogP contribution is 2.56. The van der Waals surface area contributed by atoms with Crippen LogP contribution in [0.4, 0.5) is 4.39 Å². The molecule has 182 valence electrons. The highest BCUT2D eigenvalue weighted by atomic mass is 19.1. The average Bonchev–Trinajstić information content (AvgIpc) is 3.38. The quantitative estimate of drug-likeness (QED) is 0.302. The Labute approximate surface area is 202 Å². The minimum absolute atomic E-state index is 0.0228. The summed E-state index contributed by atoms with van der Waals surface area (Å²) in [6, 6.07) is 6.70. The monoisotopic (exact) mass is 466 g/mol. The number of aliphatic carboxylic acids is 1. The highest BCUT2D eigenvalue weighted by molar-refractivity contribution is 5.66. The summed E-state index contributed by atoms with van der Waals surface area (Å²) < 4.78 is 19.8. The Kier molecular flexibility index (Phi) is 9.34. The van der Waals surface area contributed by atoms with Crippen LogP contribution in [0.25, 0.3) is 0 Å². The van der Waals surface area contributed by atoms with E-state index in [4.69, 9.17) is 9.84 Å². The van der Waals surface area contributed by atoms with Gasteiger partial charge >= 0.3 is 5.97 Å². The number of carboxylic acids is 1. The minimum Gasteiger partial charge on any atom is -0.481 e. The zero-order valence-electron chi connectivity index (χ0n) is 20.1. The number of carbonyl (C=O) groups is 1. The summed E-state index contributed by atoms with van der Waals surface area (Å²) in [7, 11) is 0. The van der Waals surface area contributed by atoms with Crippen molar-refractivity contribution in [3.05, 3.63) is 47.8 Å². The maximum Gasteiger partial charge on any atom is 0.303 e. The van der Waals surface area contributed by atoms with E-state index >= 15 is 0 Å². The van der Waals surface area contributed by atoms with E-state index in [1.807, 2.05) is 32.1 Å². The summed E-state index contributed by atoms with van der Waals surface area (Å²) in [5.74, 6) is 11.6. The number of rotatable bonds is 9. The standard InChI is InChI=1S/C29H35FO4/c1-3-4-7-10-21(2)26(31)18-17-24-25(11-8-5-6-9-12-28(32)33)29(19-27(24)34-20-29)22-13-15-23(30)16-14-22/h5,8,13-16,21,24-27,31H,3,6,9-12,19-20H2,1-2H3,(H,32,33)/b8-5+/t21-,24-,25-,26+,27?,29?/m0/s1. The van der Waals surface area contributed by atoms with Gasteiger partial charge in [0.2, 0.25) is 0 Å². The summed E-state index contributed by atoms with van der Waals surface area (Å²) in [5.41, 5.74) is 0.820. The van der Waals surface area contributed by atoms with E-state index in [2.05, 4.69) is 29.8 Å². The van der Waals surface area contributed by atoms with Crippen molar-refractivity contribution >= 4 is 5.97 Å². The Morgan fingerprint density at radius 2 is 2.06 bits per heavy atom. The molecule has 0 radical (unpaired) electrons. The second-order valence-corrected chi connectivity index (χ2v) is 9.46. The molecule has 1 saturated carbocycles. The number of benzene rings is 1. The summed E-state index contributed by atoms with van der Waals surface area (Å²) >= 11 is 0. The van der Waals surface area contributed by atoms with E-state index < -0.39 is 12.1 Å². The fraction of sp³-hybridized carbons (Fsp3) is 0.552. The second-order valence-electron chi connectivity index (χ2n) is 9.46. The predicted octanol–water partition coefficient (Wildman–Crippen LogP) is 5.10. The van der Waals surface area contributed by atoms with Crippen LogP contribution in [0.15, 0.2) is 36.4 Å². The first-order valence-electron chi connectivity index (χ1n) is 12.3. The van der Waals surface area contributed by atoms with Gasteiger partial charge in [-0.1, -0.05) is 50.0 Å². The molecule has 2 aliphatic rings. The summed E-state index contributed by atoms with van der Waals surface area (Å²) in [5, 5.41) is 19.4. The minimum atomic E-state index is -0.780. The molecule has 2 bridgehead atoms. The van der Waals surface area contributed by atoms with Crippen molar-refractivity contribution in [2.75, 3.05) is 6.61 Å². The van der Waals surface area contributed by atoms with Crippen molar-refractivity contribution in [2.24, 2.45) is 17.8 Å². The molecule has 0 aromatic heterocycles. The van der Waals surface area contributed by atoms with Crippen molar-refractivity contribution in [2.45, 2.75) is 76.4 Å². The molecule has 3 rings (SSSR count). The van der Waals surface area contributed by atoms with E-state index in [1.54, 1.807) is 0 Å². The maximum absolute atomic E-state index is 13.6. The number of aliphatic hydroxyl groups excluding tert-OH is 1. The Morgan fingerprint density at radius 1 is 1.29 bits per heavy atom. The second kappa shape index (κ2) is 12.2. The third-order valence-electron chi connectivity index (χ3n) is 7.06. The van der Waals surface area contributed by atoms with Gasteiger partial charge in [-0.2, -0.15) is 0 Å². The van der Waals surface area contributed by atoms with Crippen molar-refractivity contribution in [3.63, 3.8) is 0 Å². The number of fused-ring (bicyclic) bond motifs is 2. The maximum atomic E-state index is 13.6. The number of aliphatic hydroxyl groups is 1. The number of unbranched alkanes of at least 4 members (excludes halogenated alkanes) is 1. The smallest absolute Gasteiger partial charge is 0.303 e.